The predicted octanol–water partition coefficient (Wildman–Crippen LogP) is 5.18. The first-order chi connectivity index (χ1) is 12.0. The van der Waals surface area contributed by atoms with Crippen LogP contribution in [-0.2, 0) is 16.6 Å². The molecule has 1 unspecified atom stereocenters. The second-order valence-electron chi connectivity index (χ2n) is 5.58. The molecular formula is C17H10F7NO. The van der Waals surface area contributed by atoms with Crippen LogP contribution in [0.4, 0.5) is 30.7 Å². The molecule has 3 rings (SSSR count). The number of hydrogen-bond donors (Lipinski definition) is 1. The van der Waals surface area contributed by atoms with Crippen molar-refractivity contribution in [1.29, 1.82) is 0 Å². The Balaban J connectivity index is 2.12. The number of hydrogen-bond acceptors (Lipinski definition) is 2. The fourth-order valence-electron chi connectivity index (χ4n) is 2.54. The molecule has 0 radical (unpaired) electrons. The average molecular weight is 377 g/mol. The highest BCUT2D eigenvalue weighted by molar-refractivity contribution is 5.67. The van der Waals surface area contributed by atoms with Crippen LogP contribution in [0.2, 0.25) is 0 Å². The van der Waals surface area contributed by atoms with Gasteiger partial charge in [-0.3, -0.25) is 10.3 Å². The highest BCUT2D eigenvalue weighted by Crippen LogP contribution is 2.48. The van der Waals surface area contributed by atoms with Gasteiger partial charge < -0.3 is 0 Å². The third-order valence-electron chi connectivity index (χ3n) is 3.86. The smallest absolute Gasteiger partial charge is 0.265 e. The topological polar surface area (TPSA) is 21.3 Å². The van der Waals surface area contributed by atoms with E-state index in [2.05, 4.69) is 5.48 Å². The van der Waals surface area contributed by atoms with E-state index < -0.39 is 34.9 Å². The van der Waals surface area contributed by atoms with Crippen molar-refractivity contribution < 1.29 is 35.6 Å². The molecule has 1 atom stereocenters. The Kier molecular flexibility index (Phi) is 4.22. The molecule has 0 aromatic heterocycles. The molecule has 0 spiro atoms. The number of benzene rings is 2. The number of halogens is 7. The molecule has 0 aliphatic carbocycles. The van der Waals surface area contributed by atoms with Crippen molar-refractivity contribution in [2.24, 2.45) is 0 Å². The molecule has 2 nitrogen and oxygen atoms in total. The molecule has 0 bridgehead atoms. The van der Waals surface area contributed by atoms with Crippen LogP contribution >= 0.6 is 0 Å². The van der Waals surface area contributed by atoms with E-state index in [1.54, 1.807) is 0 Å². The monoisotopic (exact) mass is 377 g/mol. The van der Waals surface area contributed by atoms with Crippen molar-refractivity contribution in [3.63, 3.8) is 0 Å². The lowest BCUT2D eigenvalue weighted by atomic mass is 9.90. The summed E-state index contributed by atoms with van der Waals surface area (Å²) in [5.41, 5.74) is -2.95. The van der Waals surface area contributed by atoms with E-state index in [-0.39, 0.29) is 11.3 Å². The lowest BCUT2D eigenvalue weighted by Gasteiger charge is -2.29. The van der Waals surface area contributed by atoms with Gasteiger partial charge in [-0.15, -0.1) is 0 Å². The predicted molar refractivity (Wildman–Crippen MR) is 77.8 cm³/mol. The zero-order valence-corrected chi connectivity index (χ0v) is 12.8. The molecule has 26 heavy (non-hydrogen) atoms. The highest BCUT2D eigenvalue weighted by atomic mass is 19.4. The maximum absolute atomic E-state index is 13.7. The van der Waals surface area contributed by atoms with Gasteiger partial charge in [-0.25, -0.2) is 4.39 Å². The molecule has 0 amide bonds. The molecule has 2 aromatic carbocycles. The van der Waals surface area contributed by atoms with Crippen LogP contribution in [0.25, 0.3) is 5.70 Å². The normalized spacial score (nSPS) is 20.7. The Bertz CT molecular complexity index is 839. The second kappa shape index (κ2) is 6.01. The number of rotatable bonds is 2. The van der Waals surface area contributed by atoms with Gasteiger partial charge in [0.15, 0.2) is 0 Å². The van der Waals surface area contributed by atoms with E-state index in [0.717, 1.165) is 24.3 Å². The highest BCUT2D eigenvalue weighted by Gasteiger charge is 2.59. The molecule has 0 fully saturated rings. The Morgan fingerprint density at radius 1 is 0.885 bits per heavy atom. The van der Waals surface area contributed by atoms with E-state index in [1.807, 2.05) is 0 Å². The molecule has 2 aromatic rings. The van der Waals surface area contributed by atoms with Gasteiger partial charge in [0.05, 0.1) is 11.3 Å². The SMILES string of the molecule is Fc1ccc(C2=CC(c3cccc(C(F)(F)F)c3)(C(F)(F)F)ON2)cc1. The Morgan fingerprint density at radius 2 is 1.54 bits per heavy atom. The standard InChI is InChI=1S/C17H10F7NO/c18-13-6-4-10(5-7-13)14-9-15(26-25-14,17(22,23)24)11-2-1-3-12(8-11)16(19,20)21/h1-9,25H. The van der Waals surface area contributed by atoms with Crippen LogP contribution < -0.4 is 5.48 Å². The van der Waals surface area contributed by atoms with Gasteiger partial charge in [-0.2, -0.15) is 26.3 Å². The fraction of sp³-hybridized carbons (Fsp3) is 0.176. The summed E-state index contributed by atoms with van der Waals surface area (Å²) in [7, 11) is 0. The lowest BCUT2D eigenvalue weighted by Crippen LogP contribution is -2.42. The Labute approximate surface area is 142 Å². The van der Waals surface area contributed by atoms with Gasteiger partial charge >= 0.3 is 12.4 Å². The van der Waals surface area contributed by atoms with Gasteiger partial charge in [-0.05, 0) is 48.0 Å². The van der Waals surface area contributed by atoms with Gasteiger partial charge in [0.2, 0.25) is 5.60 Å². The van der Waals surface area contributed by atoms with Crippen molar-refractivity contribution in [3.05, 3.63) is 77.1 Å². The first kappa shape index (κ1) is 18.2. The zero-order chi connectivity index (χ0) is 19.2. The average Bonchev–Trinajstić information content (AvgIpc) is 3.01. The maximum Gasteiger partial charge on any atom is 0.428 e. The number of hydroxylamine groups is 1. The molecule has 1 heterocycles. The van der Waals surface area contributed by atoms with Crippen LogP contribution in [0.3, 0.4) is 0 Å². The van der Waals surface area contributed by atoms with Gasteiger partial charge in [0.25, 0.3) is 0 Å². The molecule has 1 aliphatic heterocycles. The van der Waals surface area contributed by atoms with Gasteiger partial charge in [-0.1, -0.05) is 12.1 Å². The van der Waals surface area contributed by atoms with E-state index >= 15 is 0 Å². The quantitative estimate of drug-likeness (QED) is 0.729. The summed E-state index contributed by atoms with van der Waals surface area (Å²) in [5.74, 6) is -0.590. The van der Waals surface area contributed by atoms with Crippen molar-refractivity contribution in [2.75, 3.05) is 0 Å². The van der Waals surface area contributed by atoms with Crippen LogP contribution in [0.5, 0.6) is 0 Å². The third kappa shape index (κ3) is 3.14. The van der Waals surface area contributed by atoms with Crippen molar-refractivity contribution >= 4 is 5.70 Å². The Morgan fingerprint density at radius 3 is 2.12 bits per heavy atom. The minimum atomic E-state index is -5.05. The Hall–Kier alpha value is -2.55. The molecule has 0 saturated carbocycles. The summed E-state index contributed by atoms with van der Waals surface area (Å²) in [4.78, 5) is 4.73. The molecule has 1 N–H and O–H groups in total. The summed E-state index contributed by atoms with van der Waals surface area (Å²) < 4.78 is 92.8. The van der Waals surface area contributed by atoms with Gasteiger partial charge in [0, 0.05) is 5.56 Å². The summed E-state index contributed by atoms with van der Waals surface area (Å²) in [5, 5.41) is 0. The zero-order valence-electron chi connectivity index (χ0n) is 12.8. The van der Waals surface area contributed by atoms with E-state index in [1.165, 1.54) is 12.1 Å². The van der Waals surface area contributed by atoms with E-state index in [9.17, 15) is 30.7 Å². The molecule has 0 saturated heterocycles. The summed E-state index contributed by atoms with van der Waals surface area (Å²) in [6.45, 7) is 0. The second-order valence-corrected chi connectivity index (χ2v) is 5.58. The van der Waals surface area contributed by atoms with Gasteiger partial charge in [0.1, 0.15) is 5.82 Å². The molecular weight excluding hydrogens is 367 g/mol. The molecule has 9 heteroatoms. The lowest BCUT2D eigenvalue weighted by molar-refractivity contribution is -0.269. The molecule has 138 valence electrons. The summed E-state index contributed by atoms with van der Waals surface area (Å²) in [6, 6.07) is 7.34. The van der Waals surface area contributed by atoms with E-state index in [4.69, 9.17) is 4.84 Å². The van der Waals surface area contributed by atoms with Crippen molar-refractivity contribution in [1.82, 2.24) is 5.48 Å². The fourth-order valence-corrected chi connectivity index (χ4v) is 2.54. The molecule has 1 aliphatic rings. The maximum atomic E-state index is 13.7. The third-order valence-corrected chi connectivity index (χ3v) is 3.86. The van der Waals surface area contributed by atoms with Crippen LogP contribution in [0.15, 0.2) is 54.6 Å². The number of alkyl halides is 6. The summed E-state index contributed by atoms with van der Waals surface area (Å²) in [6.07, 6.45) is -9.22. The van der Waals surface area contributed by atoms with Crippen LogP contribution in [-0.4, -0.2) is 6.18 Å². The minimum absolute atomic E-state index is 0.139. The minimum Gasteiger partial charge on any atom is -0.265 e. The number of nitrogens with one attached hydrogen (secondary N) is 1. The first-order valence-corrected chi connectivity index (χ1v) is 7.20. The van der Waals surface area contributed by atoms with Crippen molar-refractivity contribution in [2.45, 2.75) is 18.0 Å². The first-order valence-electron chi connectivity index (χ1n) is 7.20. The summed E-state index contributed by atoms with van der Waals surface area (Å²) >= 11 is 0. The van der Waals surface area contributed by atoms with Crippen LogP contribution in [0, 0.1) is 5.82 Å². The van der Waals surface area contributed by atoms with Crippen LogP contribution in [0.1, 0.15) is 16.7 Å². The largest absolute Gasteiger partial charge is 0.428 e. The van der Waals surface area contributed by atoms with E-state index in [0.29, 0.717) is 18.2 Å². The van der Waals surface area contributed by atoms with Crippen molar-refractivity contribution in [3.8, 4) is 0 Å².